The minimum Gasteiger partial charge on any atom is -0.294 e. The number of carbonyl (C=O) groups excluding carboxylic acids is 1. The second-order valence-electron chi connectivity index (χ2n) is 3.17. The van der Waals surface area contributed by atoms with Crippen LogP contribution < -0.4 is 0 Å². The first-order valence-corrected chi connectivity index (χ1v) is 5.59. The fourth-order valence-electron chi connectivity index (χ4n) is 1.23. The Labute approximate surface area is 83.9 Å². The van der Waals surface area contributed by atoms with E-state index in [-0.39, 0.29) is 5.78 Å². The molecule has 0 N–H and O–H groups in total. The maximum absolute atomic E-state index is 11.0. The van der Waals surface area contributed by atoms with Gasteiger partial charge in [0.05, 0.1) is 8.66 Å². The highest BCUT2D eigenvalue weighted by atomic mass is 79.9. The molecule has 0 aliphatic heterocycles. The predicted octanol–water partition coefficient (Wildman–Crippen LogP) is 3.59. The maximum atomic E-state index is 11.0. The van der Waals surface area contributed by atoms with Crippen molar-refractivity contribution in [1.82, 2.24) is 0 Å². The fraction of sp³-hybridized carbons (Fsp3) is 0.444. The van der Waals surface area contributed by atoms with Crippen LogP contribution in [-0.2, 0) is 0 Å². The lowest BCUT2D eigenvalue weighted by atomic mass is 10.2. The number of thiophene rings is 1. The standard InChI is InChI=1S/C9H9BrOS/c1-5(11)8-4-7(6-2-3-6)9(10)12-8/h4,6H,2-3H2,1H3. The quantitative estimate of drug-likeness (QED) is 0.727. The van der Waals surface area contributed by atoms with E-state index < -0.39 is 0 Å². The highest BCUT2D eigenvalue weighted by molar-refractivity contribution is 9.11. The van der Waals surface area contributed by atoms with E-state index in [0.717, 1.165) is 14.6 Å². The van der Waals surface area contributed by atoms with Crippen molar-refractivity contribution >= 4 is 33.0 Å². The number of ketones is 1. The molecule has 1 aliphatic carbocycles. The molecule has 1 aromatic heterocycles. The molecular formula is C9H9BrOS. The Morgan fingerprint density at radius 3 is 2.75 bits per heavy atom. The number of carbonyl (C=O) groups is 1. The Kier molecular flexibility index (Phi) is 2.09. The van der Waals surface area contributed by atoms with Crippen LogP contribution in [0.2, 0.25) is 0 Å². The summed E-state index contributed by atoms with van der Waals surface area (Å²) in [6.45, 7) is 1.62. The van der Waals surface area contributed by atoms with E-state index in [1.165, 1.54) is 18.4 Å². The predicted molar refractivity (Wildman–Crippen MR) is 54.0 cm³/mol. The molecule has 0 unspecified atom stereocenters. The van der Waals surface area contributed by atoms with Crippen molar-refractivity contribution < 1.29 is 4.79 Å². The highest BCUT2D eigenvalue weighted by Crippen LogP contribution is 2.46. The van der Waals surface area contributed by atoms with Gasteiger partial charge in [-0.25, -0.2) is 0 Å². The zero-order valence-electron chi connectivity index (χ0n) is 6.76. The molecule has 0 atom stereocenters. The second-order valence-corrected chi connectivity index (χ2v) is 5.54. The molecule has 12 heavy (non-hydrogen) atoms. The minimum absolute atomic E-state index is 0.174. The van der Waals surface area contributed by atoms with Crippen LogP contribution in [0.5, 0.6) is 0 Å². The Balaban J connectivity index is 2.36. The van der Waals surface area contributed by atoms with Crippen LogP contribution in [0.25, 0.3) is 0 Å². The van der Waals surface area contributed by atoms with Crippen molar-refractivity contribution in [3.63, 3.8) is 0 Å². The number of rotatable bonds is 2. The van der Waals surface area contributed by atoms with E-state index in [9.17, 15) is 4.79 Å². The summed E-state index contributed by atoms with van der Waals surface area (Å²) in [5.74, 6) is 0.899. The van der Waals surface area contributed by atoms with Crippen molar-refractivity contribution in [3.8, 4) is 0 Å². The van der Waals surface area contributed by atoms with E-state index in [1.807, 2.05) is 6.07 Å². The lowest BCUT2D eigenvalue weighted by molar-refractivity contribution is 0.102. The summed E-state index contributed by atoms with van der Waals surface area (Å²) in [6.07, 6.45) is 2.57. The average Bonchev–Trinajstić information content (AvgIpc) is 2.75. The third kappa shape index (κ3) is 1.48. The Morgan fingerprint density at radius 1 is 1.67 bits per heavy atom. The van der Waals surface area contributed by atoms with Crippen molar-refractivity contribution in [1.29, 1.82) is 0 Å². The van der Waals surface area contributed by atoms with Gasteiger partial charge in [0.25, 0.3) is 0 Å². The molecule has 1 aromatic rings. The Hall–Kier alpha value is -0.150. The van der Waals surface area contributed by atoms with Crippen molar-refractivity contribution in [2.24, 2.45) is 0 Å². The monoisotopic (exact) mass is 244 g/mol. The van der Waals surface area contributed by atoms with Gasteiger partial charge in [-0.05, 0) is 53.2 Å². The van der Waals surface area contributed by atoms with Crippen molar-refractivity contribution in [2.75, 3.05) is 0 Å². The lowest BCUT2D eigenvalue weighted by Crippen LogP contribution is -1.84. The van der Waals surface area contributed by atoms with Crippen LogP contribution in [0, 0.1) is 0 Å². The first-order valence-electron chi connectivity index (χ1n) is 3.98. The number of halogens is 1. The summed E-state index contributed by atoms with van der Waals surface area (Å²) in [4.78, 5) is 11.9. The molecule has 0 spiro atoms. The maximum Gasteiger partial charge on any atom is 0.169 e. The van der Waals surface area contributed by atoms with Crippen LogP contribution in [0.1, 0.15) is 40.9 Å². The molecule has 1 aliphatic rings. The summed E-state index contributed by atoms with van der Waals surface area (Å²) in [7, 11) is 0. The van der Waals surface area contributed by atoms with Crippen LogP contribution in [-0.4, -0.2) is 5.78 Å². The molecule has 0 radical (unpaired) electrons. The van der Waals surface area contributed by atoms with Crippen molar-refractivity contribution in [3.05, 3.63) is 20.3 Å². The summed E-state index contributed by atoms with van der Waals surface area (Å²) < 4.78 is 1.15. The summed E-state index contributed by atoms with van der Waals surface area (Å²) in [5.41, 5.74) is 1.34. The van der Waals surface area contributed by atoms with E-state index in [2.05, 4.69) is 15.9 Å². The van der Waals surface area contributed by atoms with Gasteiger partial charge in [0.2, 0.25) is 0 Å². The van der Waals surface area contributed by atoms with Crippen molar-refractivity contribution in [2.45, 2.75) is 25.7 Å². The molecule has 64 valence electrons. The van der Waals surface area contributed by atoms with Crippen LogP contribution >= 0.6 is 27.3 Å². The van der Waals surface area contributed by atoms with Gasteiger partial charge in [-0.15, -0.1) is 11.3 Å². The lowest BCUT2D eigenvalue weighted by Gasteiger charge is -1.89. The van der Waals surface area contributed by atoms with E-state index in [4.69, 9.17) is 0 Å². The van der Waals surface area contributed by atoms with Gasteiger partial charge in [-0.2, -0.15) is 0 Å². The Morgan fingerprint density at radius 2 is 2.33 bits per heavy atom. The SMILES string of the molecule is CC(=O)c1cc(C2CC2)c(Br)s1. The summed E-state index contributed by atoms with van der Waals surface area (Å²) in [5, 5.41) is 0. The topological polar surface area (TPSA) is 17.1 Å². The molecular weight excluding hydrogens is 236 g/mol. The summed E-state index contributed by atoms with van der Waals surface area (Å²) in [6, 6.07) is 2.04. The van der Waals surface area contributed by atoms with E-state index in [1.54, 1.807) is 18.3 Å². The summed E-state index contributed by atoms with van der Waals surface area (Å²) >= 11 is 5.05. The molecule has 2 rings (SSSR count). The number of Topliss-reactive ketones (excluding diaryl/α,β-unsaturated/α-hetero) is 1. The van der Waals surface area contributed by atoms with Gasteiger partial charge in [0.15, 0.2) is 5.78 Å². The van der Waals surface area contributed by atoms with Gasteiger partial charge in [0.1, 0.15) is 0 Å². The number of hydrogen-bond acceptors (Lipinski definition) is 2. The van der Waals surface area contributed by atoms with Crippen LogP contribution in [0.4, 0.5) is 0 Å². The second kappa shape index (κ2) is 2.96. The molecule has 1 heterocycles. The van der Waals surface area contributed by atoms with Crippen LogP contribution in [0.3, 0.4) is 0 Å². The molecule has 1 fully saturated rings. The third-order valence-electron chi connectivity index (χ3n) is 2.08. The van der Waals surface area contributed by atoms with E-state index in [0.29, 0.717) is 0 Å². The normalized spacial score (nSPS) is 16.5. The van der Waals surface area contributed by atoms with Gasteiger partial charge in [-0.3, -0.25) is 4.79 Å². The van der Waals surface area contributed by atoms with E-state index >= 15 is 0 Å². The van der Waals surface area contributed by atoms with Gasteiger partial charge in [0, 0.05) is 0 Å². The first-order chi connectivity index (χ1) is 5.68. The minimum atomic E-state index is 0.174. The molecule has 3 heteroatoms. The fourth-order valence-corrected chi connectivity index (χ4v) is 3.06. The largest absolute Gasteiger partial charge is 0.294 e. The molecule has 0 aromatic carbocycles. The average molecular weight is 245 g/mol. The Bertz CT molecular complexity index is 325. The zero-order valence-corrected chi connectivity index (χ0v) is 9.17. The molecule has 0 bridgehead atoms. The van der Waals surface area contributed by atoms with Gasteiger partial charge >= 0.3 is 0 Å². The molecule has 0 amide bonds. The molecule has 1 nitrogen and oxygen atoms in total. The molecule has 0 saturated heterocycles. The molecule has 1 saturated carbocycles. The smallest absolute Gasteiger partial charge is 0.169 e. The highest BCUT2D eigenvalue weighted by Gasteiger charge is 2.27. The third-order valence-corrected chi connectivity index (χ3v) is 4.06. The van der Waals surface area contributed by atoms with Gasteiger partial charge < -0.3 is 0 Å². The zero-order chi connectivity index (χ0) is 8.72. The first kappa shape index (κ1) is 8.45. The van der Waals surface area contributed by atoms with Gasteiger partial charge in [-0.1, -0.05) is 0 Å². The number of hydrogen-bond donors (Lipinski definition) is 0. The van der Waals surface area contributed by atoms with Crippen LogP contribution in [0.15, 0.2) is 9.85 Å².